The Kier molecular flexibility index (Phi) is 7.83. The molecular formula is C23H23F3N3O2P. The van der Waals surface area contributed by atoms with Crippen molar-refractivity contribution in [2.24, 2.45) is 0 Å². The van der Waals surface area contributed by atoms with E-state index in [0.717, 1.165) is 11.0 Å². The van der Waals surface area contributed by atoms with Crippen molar-refractivity contribution in [2.75, 3.05) is 25.7 Å². The number of rotatable bonds is 9. The van der Waals surface area contributed by atoms with Crippen molar-refractivity contribution in [3.05, 3.63) is 71.7 Å². The van der Waals surface area contributed by atoms with Crippen molar-refractivity contribution in [3.63, 3.8) is 0 Å². The summed E-state index contributed by atoms with van der Waals surface area (Å²) in [5, 5.41) is 3.96. The number of benzene rings is 2. The first-order valence-electron chi connectivity index (χ1n) is 9.74. The number of carbonyl (C=O) groups is 1. The maximum absolute atomic E-state index is 13.3. The van der Waals surface area contributed by atoms with Gasteiger partial charge in [-0.2, -0.15) is 8.78 Å². The number of hydrogen-bond donors (Lipinski definition) is 1. The van der Waals surface area contributed by atoms with E-state index in [-0.39, 0.29) is 18.1 Å². The molecule has 0 aliphatic heterocycles. The Morgan fingerprint density at radius 3 is 2.53 bits per heavy atom. The maximum atomic E-state index is 13.3. The molecule has 3 rings (SSSR count). The highest BCUT2D eigenvalue weighted by molar-refractivity contribution is 7.62. The Balaban J connectivity index is 2.09. The highest BCUT2D eigenvalue weighted by atomic mass is 31.1. The minimum atomic E-state index is -3.01. The minimum absolute atomic E-state index is 0.0108. The molecule has 0 spiro atoms. The zero-order valence-corrected chi connectivity index (χ0v) is 18.7. The molecule has 168 valence electrons. The number of nitrogens with one attached hydrogen (secondary N) is 1. The highest BCUT2D eigenvalue weighted by Gasteiger charge is 2.20. The van der Waals surface area contributed by atoms with Crippen LogP contribution in [0.4, 0.5) is 18.9 Å². The normalized spacial score (nSPS) is 12.0. The van der Waals surface area contributed by atoms with E-state index >= 15 is 0 Å². The number of alkyl halides is 2. The van der Waals surface area contributed by atoms with Gasteiger partial charge in [-0.3, -0.25) is 14.9 Å². The Bertz CT molecular complexity index is 1080. The Labute approximate surface area is 186 Å². The molecule has 0 bridgehead atoms. The zero-order valence-electron chi connectivity index (χ0n) is 17.8. The van der Waals surface area contributed by atoms with Crippen molar-refractivity contribution >= 4 is 25.4 Å². The lowest BCUT2D eigenvalue weighted by molar-refractivity contribution is -0.0494. The predicted molar refractivity (Wildman–Crippen MR) is 122 cm³/mol. The van der Waals surface area contributed by atoms with E-state index in [1.165, 1.54) is 18.3 Å². The summed E-state index contributed by atoms with van der Waals surface area (Å²) in [6, 6.07) is 12.6. The van der Waals surface area contributed by atoms with Gasteiger partial charge in [-0.05, 0) is 69.6 Å². The summed E-state index contributed by atoms with van der Waals surface area (Å²) in [7, 11) is 2.83. The quantitative estimate of drug-likeness (QED) is 0.366. The topological polar surface area (TPSA) is 54.5 Å². The van der Waals surface area contributed by atoms with E-state index in [4.69, 9.17) is 4.74 Å². The largest absolute Gasteiger partial charge is 0.434 e. The van der Waals surface area contributed by atoms with Gasteiger partial charge in [0.05, 0.1) is 5.69 Å². The molecule has 1 N–H and O–H groups in total. The number of ether oxygens (including phenoxy) is 1. The summed E-state index contributed by atoms with van der Waals surface area (Å²) in [4.78, 5) is 18.0. The van der Waals surface area contributed by atoms with Gasteiger partial charge in [0.2, 0.25) is 0 Å². The number of hydrogen-bond acceptors (Lipinski definition) is 5. The summed E-state index contributed by atoms with van der Waals surface area (Å²) in [5.74, 6) is -0.368. The summed E-state index contributed by atoms with van der Waals surface area (Å²) < 4.78 is 44.5. The van der Waals surface area contributed by atoms with Gasteiger partial charge in [0, 0.05) is 42.2 Å². The Hall–Kier alpha value is -2.96. The zero-order chi connectivity index (χ0) is 23.3. The first kappa shape index (κ1) is 23.7. The number of halogens is 3. The number of anilines is 1. The molecule has 0 aliphatic rings. The maximum Gasteiger partial charge on any atom is 0.387 e. The molecule has 5 nitrogen and oxygen atoms in total. The lowest BCUT2D eigenvalue weighted by Crippen LogP contribution is -2.19. The lowest BCUT2D eigenvalue weighted by atomic mass is 10.00. The average molecular weight is 461 g/mol. The molecule has 0 radical (unpaired) electrons. The molecule has 0 aliphatic carbocycles. The van der Waals surface area contributed by atoms with Gasteiger partial charge in [-0.15, -0.1) is 0 Å². The monoisotopic (exact) mass is 461 g/mol. The summed E-state index contributed by atoms with van der Waals surface area (Å²) in [5.41, 5.74) is 2.39. The summed E-state index contributed by atoms with van der Waals surface area (Å²) in [6.45, 7) is -0.804. The van der Waals surface area contributed by atoms with Crippen molar-refractivity contribution in [1.82, 2.24) is 10.1 Å². The van der Waals surface area contributed by atoms with E-state index in [1.807, 2.05) is 17.6 Å². The van der Waals surface area contributed by atoms with Crippen molar-refractivity contribution < 1.29 is 22.7 Å². The third kappa shape index (κ3) is 5.44. The number of aromatic nitrogens is 1. The van der Waals surface area contributed by atoms with Crippen molar-refractivity contribution in [1.29, 1.82) is 0 Å². The van der Waals surface area contributed by atoms with Crippen molar-refractivity contribution in [3.8, 4) is 17.0 Å². The third-order valence-corrected chi connectivity index (χ3v) is 6.76. The summed E-state index contributed by atoms with van der Waals surface area (Å²) in [6.07, 6.45) is 2.16. The molecule has 1 atom stereocenters. The van der Waals surface area contributed by atoms with E-state index in [1.54, 1.807) is 44.4 Å². The molecule has 0 saturated heterocycles. The van der Waals surface area contributed by atoms with Gasteiger partial charge < -0.3 is 9.64 Å². The number of carbonyl (C=O) groups excluding carboxylic acids is 1. The molecule has 2 aromatic carbocycles. The van der Waals surface area contributed by atoms with Crippen LogP contribution in [0.3, 0.4) is 0 Å². The van der Waals surface area contributed by atoms with Crippen LogP contribution in [0.1, 0.15) is 15.9 Å². The van der Waals surface area contributed by atoms with E-state index < -0.39 is 14.7 Å². The highest BCUT2D eigenvalue weighted by Crippen LogP contribution is 2.36. The first-order valence-corrected chi connectivity index (χ1v) is 11.5. The van der Waals surface area contributed by atoms with Gasteiger partial charge in [-0.25, -0.2) is 4.39 Å². The van der Waals surface area contributed by atoms with Gasteiger partial charge in [0.25, 0.3) is 0 Å². The second-order valence-corrected chi connectivity index (χ2v) is 9.10. The van der Waals surface area contributed by atoms with Crippen LogP contribution in [-0.4, -0.2) is 38.6 Å². The van der Waals surface area contributed by atoms with Gasteiger partial charge in [-0.1, -0.05) is 6.07 Å². The van der Waals surface area contributed by atoms with Crippen LogP contribution >= 0.6 is 8.07 Å². The molecule has 0 fully saturated rings. The Morgan fingerprint density at radius 2 is 1.91 bits per heavy atom. The third-order valence-electron chi connectivity index (χ3n) is 5.04. The molecule has 0 amide bonds. The molecule has 3 aromatic rings. The van der Waals surface area contributed by atoms with E-state index in [0.29, 0.717) is 28.7 Å². The molecule has 1 unspecified atom stereocenters. The number of aldehydes is 1. The van der Waals surface area contributed by atoms with Crippen molar-refractivity contribution in [2.45, 2.75) is 13.2 Å². The van der Waals surface area contributed by atoms with Crippen LogP contribution in [0, 0.1) is 5.82 Å². The molecule has 9 heteroatoms. The second-order valence-electron chi connectivity index (χ2n) is 7.02. The fourth-order valence-electron chi connectivity index (χ4n) is 3.28. The lowest BCUT2D eigenvalue weighted by Gasteiger charge is -2.23. The Morgan fingerprint density at radius 1 is 1.19 bits per heavy atom. The minimum Gasteiger partial charge on any atom is -0.434 e. The smallest absolute Gasteiger partial charge is 0.387 e. The number of nitrogens with zero attached hydrogens (tertiary/aromatic N) is 2. The van der Waals surface area contributed by atoms with E-state index in [2.05, 4.69) is 10.1 Å². The van der Waals surface area contributed by atoms with E-state index in [9.17, 15) is 18.0 Å². The standard InChI is InChI=1S/C23H23F3N3O2P/c1-27-32(3)18-8-9-19(21(12-18)31-23(25)26)22-20(15(14-30)10-11-28-22)13-29(2)17-6-4-16(24)5-7-17/h4-12,14,23,27H,13H2,1-3H3. The van der Waals surface area contributed by atoms with Crippen LogP contribution in [-0.2, 0) is 6.54 Å². The van der Waals surface area contributed by atoms with Gasteiger partial charge >= 0.3 is 6.61 Å². The SMILES string of the molecule is CNP(C)c1ccc(-c2nccc(C=O)c2CN(C)c2ccc(F)cc2)c(OC(F)F)c1. The summed E-state index contributed by atoms with van der Waals surface area (Å²) >= 11 is 0. The molecule has 0 saturated carbocycles. The predicted octanol–water partition coefficient (Wildman–Crippen LogP) is 4.81. The van der Waals surface area contributed by atoms with Gasteiger partial charge in [0.15, 0.2) is 6.29 Å². The fourth-order valence-corrected chi connectivity index (χ4v) is 4.15. The fraction of sp³-hybridized carbons (Fsp3) is 0.217. The van der Waals surface area contributed by atoms with Crippen LogP contribution < -0.4 is 20.0 Å². The van der Waals surface area contributed by atoms with Crippen LogP contribution in [0.2, 0.25) is 0 Å². The average Bonchev–Trinajstić information content (AvgIpc) is 2.78. The molecule has 1 aromatic heterocycles. The first-order chi connectivity index (χ1) is 15.3. The number of pyridine rings is 1. The molecule has 1 heterocycles. The van der Waals surface area contributed by atoms with Crippen LogP contribution in [0.5, 0.6) is 5.75 Å². The van der Waals surface area contributed by atoms with Crippen LogP contribution in [0.25, 0.3) is 11.3 Å². The molecular weight excluding hydrogens is 438 g/mol. The second kappa shape index (κ2) is 10.6. The molecule has 32 heavy (non-hydrogen) atoms. The van der Waals surface area contributed by atoms with Gasteiger partial charge in [0.1, 0.15) is 11.6 Å². The van der Waals surface area contributed by atoms with Crippen LogP contribution in [0.15, 0.2) is 54.7 Å².